The standard InChI is InChI=1S/C23H30F3N3O2/c1-5-18(15-29(21(30)31)22(2,3)4)27-14-16-9-6-7-12-20(16)28-19-11-8-10-17(13-19)23(24,25)26/h6-13,18,27-28H,5,14-15H2,1-4H3,(H,30,31). The molecule has 1 atom stereocenters. The van der Waals surface area contributed by atoms with Crippen molar-refractivity contribution in [3.63, 3.8) is 0 Å². The molecule has 2 aromatic carbocycles. The number of para-hydroxylation sites is 1. The molecule has 0 radical (unpaired) electrons. The van der Waals surface area contributed by atoms with Crippen LogP contribution >= 0.6 is 0 Å². The second kappa shape index (κ2) is 10.0. The van der Waals surface area contributed by atoms with Crippen molar-refractivity contribution in [3.8, 4) is 0 Å². The van der Waals surface area contributed by atoms with Gasteiger partial charge in [0.05, 0.1) is 5.56 Å². The summed E-state index contributed by atoms with van der Waals surface area (Å²) in [6.07, 6.45) is -4.65. The first-order valence-corrected chi connectivity index (χ1v) is 10.2. The maximum absolute atomic E-state index is 13.0. The highest BCUT2D eigenvalue weighted by atomic mass is 19.4. The van der Waals surface area contributed by atoms with Crippen LogP contribution in [0.5, 0.6) is 0 Å². The van der Waals surface area contributed by atoms with E-state index in [1.165, 1.54) is 11.0 Å². The Balaban J connectivity index is 2.13. The minimum atomic E-state index is -4.41. The number of rotatable bonds is 8. The number of hydrogen-bond acceptors (Lipinski definition) is 3. The number of alkyl halides is 3. The molecule has 0 aliphatic carbocycles. The van der Waals surface area contributed by atoms with Gasteiger partial charge in [-0.05, 0) is 57.0 Å². The highest BCUT2D eigenvalue weighted by Gasteiger charge is 2.30. The van der Waals surface area contributed by atoms with Crippen LogP contribution in [0.4, 0.5) is 29.3 Å². The predicted molar refractivity (Wildman–Crippen MR) is 117 cm³/mol. The van der Waals surface area contributed by atoms with E-state index >= 15 is 0 Å². The molecule has 0 aromatic heterocycles. The van der Waals surface area contributed by atoms with Crippen LogP contribution in [0.15, 0.2) is 48.5 Å². The van der Waals surface area contributed by atoms with Crippen molar-refractivity contribution in [2.45, 2.75) is 58.4 Å². The molecular formula is C23H30F3N3O2. The topological polar surface area (TPSA) is 64.6 Å². The number of nitrogens with one attached hydrogen (secondary N) is 2. The van der Waals surface area contributed by atoms with E-state index < -0.39 is 23.4 Å². The van der Waals surface area contributed by atoms with E-state index in [9.17, 15) is 23.1 Å². The molecule has 1 unspecified atom stereocenters. The average molecular weight is 438 g/mol. The quantitative estimate of drug-likeness (QED) is 0.467. The molecule has 170 valence electrons. The fourth-order valence-corrected chi connectivity index (χ4v) is 3.18. The number of amides is 1. The van der Waals surface area contributed by atoms with E-state index in [0.717, 1.165) is 24.1 Å². The lowest BCUT2D eigenvalue weighted by Gasteiger charge is -2.36. The fourth-order valence-electron chi connectivity index (χ4n) is 3.18. The maximum Gasteiger partial charge on any atom is 0.416 e. The average Bonchev–Trinajstić information content (AvgIpc) is 2.67. The van der Waals surface area contributed by atoms with Crippen LogP contribution in [0, 0.1) is 0 Å². The van der Waals surface area contributed by atoms with Crippen molar-refractivity contribution in [2.75, 3.05) is 11.9 Å². The minimum absolute atomic E-state index is 0.0723. The Morgan fingerprint density at radius 3 is 2.35 bits per heavy atom. The first-order chi connectivity index (χ1) is 14.4. The third-order valence-corrected chi connectivity index (χ3v) is 5.00. The van der Waals surface area contributed by atoms with Gasteiger partial charge in [-0.1, -0.05) is 31.2 Å². The summed E-state index contributed by atoms with van der Waals surface area (Å²) in [5.41, 5.74) is 0.671. The lowest BCUT2D eigenvalue weighted by atomic mass is 10.0. The molecule has 1 amide bonds. The zero-order valence-corrected chi connectivity index (χ0v) is 18.3. The second-order valence-electron chi connectivity index (χ2n) is 8.41. The van der Waals surface area contributed by atoms with E-state index in [4.69, 9.17) is 0 Å². The van der Waals surface area contributed by atoms with Crippen LogP contribution < -0.4 is 10.6 Å². The van der Waals surface area contributed by atoms with Crippen molar-refractivity contribution in [1.29, 1.82) is 0 Å². The van der Waals surface area contributed by atoms with Crippen molar-refractivity contribution < 1.29 is 23.1 Å². The second-order valence-corrected chi connectivity index (χ2v) is 8.41. The van der Waals surface area contributed by atoms with Crippen molar-refractivity contribution in [2.24, 2.45) is 0 Å². The van der Waals surface area contributed by atoms with Crippen LogP contribution in [-0.2, 0) is 12.7 Å². The van der Waals surface area contributed by atoms with Crippen molar-refractivity contribution >= 4 is 17.5 Å². The summed E-state index contributed by atoms with van der Waals surface area (Å²) in [5.74, 6) is 0. The Morgan fingerprint density at radius 1 is 1.10 bits per heavy atom. The van der Waals surface area contributed by atoms with Crippen LogP contribution in [0.3, 0.4) is 0 Å². The smallest absolute Gasteiger partial charge is 0.416 e. The molecule has 31 heavy (non-hydrogen) atoms. The molecular weight excluding hydrogens is 407 g/mol. The summed E-state index contributed by atoms with van der Waals surface area (Å²) in [6, 6.07) is 12.3. The molecule has 0 saturated heterocycles. The molecule has 0 saturated carbocycles. The first kappa shape index (κ1) is 24.5. The molecule has 0 aliphatic heterocycles. The van der Waals surface area contributed by atoms with Crippen molar-refractivity contribution in [3.05, 3.63) is 59.7 Å². The van der Waals surface area contributed by atoms with Gasteiger partial charge in [-0.25, -0.2) is 4.79 Å². The molecule has 0 aliphatic rings. The van der Waals surface area contributed by atoms with Crippen LogP contribution in [-0.4, -0.2) is 34.2 Å². The number of nitrogens with zero attached hydrogens (tertiary/aromatic N) is 1. The van der Waals surface area contributed by atoms with Gasteiger partial charge in [-0.3, -0.25) is 0 Å². The Morgan fingerprint density at radius 2 is 1.77 bits per heavy atom. The first-order valence-electron chi connectivity index (χ1n) is 10.2. The predicted octanol–water partition coefficient (Wildman–Crippen LogP) is 6.10. The van der Waals surface area contributed by atoms with Crippen LogP contribution in [0.25, 0.3) is 0 Å². The number of benzene rings is 2. The number of carbonyl (C=O) groups is 1. The van der Waals surface area contributed by atoms with Gasteiger partial charge in [-0.2, -0.15) is 13.2 Å². The van der Waals surface area contributed by atoms with Gasteiger partial charge in [0.15, 0.2) is 0 Å². The van der Waals surface area contributed by atoms with Gasteiger partial charge in [0.25, 0.3) is 0 Å². The monoisotopic (exact) mass is 437 g/mol. The molecule has 0 spiro atoms. The SMILES string of the molecule is CCC(CN(C(=O)O)C(C)(C)C)NCc1ccccc1Nc1cccc(C(F)(F)F)c1. The highest BCUT2D eigenvalue weighted by molar-refractivity contribution is 5.66. The Hall–Kier alpha value is -2.74. The van der Waals surface area contributed by atoms with Crippen molar-refractivity contribution in [1.82, 2.24) is 10.2 Å². The minimum Gasteiger partial charge on any atom is -0.465 e. The summed E-state index contributed by atoms with van der Waals surface area (Å²) in [5, 5.41) is 16.0. The molecule has 0 heterocycles. The Labute approximate surface area is 181 Å². The molecule has 0 bridgehead atoms. The summed E-state index contributed by atoms with van der Waals surface area (Å²) in [4.78, 5) is 13.0. The molecule has 5 nitrogen and oxygen atoms in total. The van der Waals surface area contributed by atoms with Gasteiger partial charge in [-0.15, -0.1) is 0 Å². The zero-order valence-electron chi connectivity index (χ0n) is 18.3. The molecule has 3 N–H and O–H groups in total. The zero-order chi connectivity index (χ0) is 23.2. The van der Waals surface area contributed by atoms with Gasteiger partial charge in [0, 0.05) is 36.0 Å². The summed E-state index contributed by atoms with van der Waals surface area (Å²) >= 11 is 0. The third-order valence-electron chi connectivity index (χ3n) is 5.00. The normalized spacial score (nSPS) is 13.0. The fraction of sp³-hybridized carbons (Fsp3) is 0.435. The molecule has 2 aromatic rings. The van der Waals surface area contributed by atoms with E-state index in [2.05, 4.69) is 10.6 Å². The van der Waals surface area contributed by atoms with E-state index in [1.807, 2.05) is 45.9 Å². The maximum atomic E-state index is 13.0. The number of carboxylic acid groups (broad SMARTS) is 1. The highest BCUT2D eigenvalue weighted by Crippen LogP contribution is 2.32. The third kappa shape index (κ3) is 7.17. The van der Waals surface area contributed by atoms with Gasteiger partial charge < -0.3 is 20.6 Å². The van der Waals surface area contributed by atoms with Gasteiger partial charge >= 0.3 is 12.3 Å². The van der Waals surface area contributed by atoms with E-state index in [-0.39, 0.29) is 6.04 Å². The summed E-state index contributed by atoms with van der Waals surface area (Å²) < 4.78 is 39.0. The molecule has 2 rings (SSSR count). The molecule has 0 fully saturated rings. The summed E-state index contributed by atoms with van der Waals surface area (Å²) in [7, 11) is 0. The van der Waals surface area contributed by atoms with Crippen LogP contribution in [0.2, 0.25) is 0 Å². The van der Waals surface area contributed by atoms with Crippen LogP contribution in [0.1, 0.15) is 45.2 Å². The number of anilines is 2. The largest absolute Gasteiger partial charge is 0.465 e. The van der Waals surface area contributed by atoms with Gasteiger partial charge in [0.1, 0.15) is 0 Å². The lowest BCUT2D eigenvalue weighted by Crippen LogP contribution is -2.51. The number of halogens is 3. The Bertz CT molecular complexity index is 879. The lowest BCUT2D eigenvalue weighted by molar-refractivity contribution is -0.137. The summed E-state index contributed by atoms with van der Waals surface area (Å²) in [6.45, 7) is 8.30. The number of hydrogen-bond donors (Lipinski definition) is 3. The molecule has 8 heteroatoms. The van der Waals surface area contributed by atoms with Gasteiger partial charge in [0.2, 0.25) is 0 Å². The van der Waals surface area contributed by atoms with E-state index in [0.29, 0.717) is 24.5 Å². The Kier molecular flexibility index (Phi) is 7.95. The van der Waals surface area contributed by atoms with E-state index in [1.54, 1.807) is 12.1 Å².